The van der Waals surface area contributed by atoms with Crippen LogP contribution in [0.3, 0.4) is 0 Å². The predicted octanol–water partition coefficient (Wildman–Crippen LogP) is 1.80. The number of hydrogen-bond donors (Lipinski definition) is 1. The molecule has 0 aromatic carbocycles. The Morgan fingerprint density at radius 3 is 2.80 bits per heavy atom. The van der Waals surface area contributed by atoms with Crippen LogP contribution in [0, 0.1) is 0 Å². The third kappa shape index (κ3) is 2.05. The Morgan fingerprint density at radius 1 is 1.40 bits per heavy atom. The molecular formula is C11H13N3O. The number of rotatable bonds is 3. The minimum atomic E-state index is 0.202. The molecule has 0 spiro atoms. The molecule has 4 heteroatoms. The topological polar surface area (TPSA) is 64.9 Å². The lowest BCUT2D eigenvalue weighted by Gasteiger charge is -2.01. The average molecular weight is 203 g/mol. The Kier molecular flexibility index (Phi) is 2.78. The summed E-state index contributed by atoms with van der Waals surface area (Å²) in [6.45, 7) is 2.57. The van der Waals surface area contributed by atoms with Crippen molar-refractivity contribution in [3.05, 3.63) is 36.5 Å². The first kappa shape index (κ1) is 9.86. The lowest BCUT2D eigenvalue weighted by molar-refractivity contribution is 0.485. The zero-order chi connectivity index (χ0) is 10.7. The standard InChI is InChI=1S/C11H13N3O/c1-8(6-12)10-7-14-11(15-10)9-2-4-13-5-3-9/h2-5,7-8H,6,12H2,1H3. The van der Waals surface area contributed by atoms with Crippen molar-refractivity contribution in [2.24, 2.45) is 5.73 Å². The van der Waals surface area contributed by atoms with Crippen LogP contribution in [-0.2, 0) is 0 Å². The molecule has 0 aliphatic carbocycles. The van der Waals surface area contributed by atoms with Crippen LogP contribution in [-0.4, -0.2) is 16.5 Å². The molecule has 15 heavy (non-hydrogen) atoms. The van der Waals surface area contributed by atoms with Crippen LogP contribution in [0.25, 0.3) is 11.5 Å². The molecule has 0 amide bonds. The second-order valence-electron chi connectivity index (χ2n) is 3.44. The first-order valence-corrected chi connectivity index (χ1v) is 4.87. The van der Waals surface area contributed by atoms with E-state index in [9.17, 15) is 0 Å². The zero-order valence-corrected chi connectivity index (χ0v) is 8.55. The molecule has 2 aromatic heterocycles. The van der Waals surface area contributed by atoms with Crippen LogP contribution < -0.4 is 5.73 Å². The van der Waals surface area contributed by atoms with Gasteiger partial charge in [0, 0.05) is 30.4 Å². The van der Waals surface area contributed by atoms with Gasteiger partial charge in [-0.15, -0.1) is 0 Å². The van der Waals surface area contributed by atoms with Crippen molar-refractivity contribution in [3.8, 4) is 11.5 Å². The highest BCUT2D eigenvalue weighted by Crippen LogP contribution is 2.22. The van der Waals surface area contributed by atoms with Crippen LogP contribution in [0.4, 0.5) is 0 Å². The van der Waals surface area contributed by atoms with E-state index in [2.05, 4.69) is 9.97 Å². The van der Waals surface area contributed by atoms with Crippen LogP contribution in [0.5, 0.6) is 0 Å². The molecule has 0 bridgehead atoms. The molecule has 78 valence electrons. The van der Waals surface area contributed by atoms with Crippen LogP contribution in [0.15, 0.2) is 35.1 Å². The van der Waals surface area contributed by atoms with E-state index in [1.54, 1.807) is 18.6 Å². The first-order chi connectivity index (χ1) is 7.31. The molecule has 0 aliphatic heterocycles. The largest absolute Gasteiger partial charge is 0.441 e. The second kappa shape index (κ2) is 4.23. The monoisotopic (exact) mass is 203 g/mol. The van der Waals surface area contributed by atoms with E-state index in [1.165, 1.54) is 0 Å². The van der Waals surface area contributed by atoms with Gasteiger partial charge in [0.1, 0.15) is 5.76 Å². The summed E-state index contributed by atoms with van der Waals surface area (Å²) in [7, 11) is 0. The molecule has 2 rings (SSSR count). The van der Waals surface area contributed by atoms with E-state index in [-0.39, 0.29) is 5.92 Å². The van der Waals surface area contributed by atoms with E-state index in [0.717, 1.165) is 11.3 Å². The van der Waals surface area contributed by atoms with Gasteiger partial charge in [0.15, 0.2) is 0 Å². The summed E-state index contributed by atoms with van der Waals surface area (Å²) in [5.41, 5.74) is 6.49. The van der Waals surface area contributed by atoms with Crippen molar-refractivity contribution < 1.29 is 4.42 Å². The van der Waals surface area contributed by atoms with Gasteiger partial charge in [0.05, 0.1) is 6.20 Å². The van der Waals surface area contributed by atoms with Crippen molar-refractivity contribution >= 4 is 0 Å². The molecule has 0 aliphatic rings. The molecule has 4 nitrogen and oxygen atoms in total. The fraction of sp³-hybridized carbons (Fsp3) is 0.273. The lowest BCUT2D eigenvalue weighted by atomic mass is 10.1. The Morgan fingerprint density at radius 2 is 2.13 bits per heavy atom. The minimum Gasteiger partial charge on any atom is -0.441 e. The molecular weight excluding hydrogens is 190 g/mol. The Balaban J connectivity index is 2.28. The molecule has 2 heterocycles. The van der Waals surface area contributed by atoms with Crippen molar-refractivity contribution in [1.82, 2.24) is 9.97 Å². The van der Waals surface area contributed by atoms with Crippen LogP contribution in [0.2, 0.25) is 0 Å². The Labute approximate surface area is 88.2 Å². The second-order valence-corrected chi connectivity index (χ2v) is 3.44. The molecule has 0 saturated carbocycles. The third-order valence-electron chi connectivity index (χ3n) is 2.29. The molecule has 2 aromatic rings. The highest BCUT2D eigenvalue weighted by molar-refractivity contribution is 5.51. The summed E-state index contributed by atoms with van der Waals surface area (Å²) in [4.78, 5) is 8.14. The predicted molar refractivity (Wildman–Crippen MR) is 57.2 cm³/mol. The zero-order valence-electron chi connectivity index (χ0n) is 8.55. The maximum atomic E-state index is 5.60. The Bertz CT molecular complexity index is 424. The van der Waals surface area contributed by atoms with Gasteiger partial charge < -0.3 is 10.2 Å². The van der Waals surface area contributed by atoms with Gasteiger partial charge in [-0.1, -0.05) is 6.92 Å². The quantitative estimate of drug-likeness (QED) is 0.826. The molecule has 2 N–H and O–H groups in total. The summed E-state index contributed by atoms with van der Waals surface area (Å²) in [5, 5.41) is 0. The van der Waals surface area contributed by atoms with Gasteiger partial charge in [0.25, 0.3) is 0 Å². The smallest absolute Gasteiger partial charge is 0.226 e. The van der Waals surface area contributed by atoms with E-state index >= 15 is 0 Å². The summed E-state index contributed by atoms with van der Waals surface area (Å²) in [6, 6.07) is 3.73. The van der Waals surface area contributed by atoms with Gasteiger partial charge in [-0.3, -0.25) is 4.98 Å². The number of pyridine rings is 1. The van der Waals surface area contributed by atoms with Gasteiger partial charge in [-0.05, 0) is 12.1 Å². The molecule has 1 unspecified atom stereocenters. The van der Waals surface area contributed by atoms with E-state index in [0.29, 0.717) is 12.4 Å². The number of oxazole rings is 1. The van der Waals surface area contributed by atoms with Gasteiger partial charge in [-0.25, -0.2) is 4.98 Å². The van der Waals surface area contributed by atoms with E-state index < -0.39 is 0 Å². The molecule has 0 radical (unpaired) electrons. The summed E-state index contributed by atoms with van der Waals surface area (Å²) < 4.78 is 5.60. The normalized spacial score (nSPS) is 12.7. The highest BCUT2D eigenvalue weighted by Gasteiger charge is 2.10. The fourth-order valence-corrected chi connectivity index (χ4v) is 1.26. The van der Waals surface area contributed by atoms with Crippen molar-refractivity contribution in [1.29, 1.82) is 0 Å². The van der Waals surface area contributed by atoms with Crippen LogP contribution >= 0.6 is 0 Å². The van der Waals surface area contributed by atoms with Gasteiger partial charge >= 0.3 is 0 Å². The van der Waals surface area contributed by atoms with Crippen molar-refractivity contribution in [2.75, 3.05) is 6.54 Å². The number of nitrogens with two attached hydrogens (primary N) is 1. The van der Waals surface area contributed by atoms with Gasteiger partial charge in [0.2, 0.25) is 5.89 Å². The first-order valence-electron chi connectivity index (χ1n) is 4.87. The third-order valence-corrected chi connectivity index (χ3v) is 2.29. The van der Waals surface area contributed by atoms with E-state index in [4.69, 9.17) is 10.2 Å². The fourth-order valence-electron chi connectivity index (χ4n) is 1.26. The maximum Gasteiger partial charge on any atom is 0.226 e. The molecule has 1 atom stereocenters. The summed E-state index contributed by atoms with van der Waals surface area (Å²) in [6.07, 6.45) is 5.16. The SMILES string of the molecule is CC(CN)c1cnc(-c2ccncc2)o1. The highest BCUT2D eigenvalue weighted by atomic mass is 16.4. The lowest BCUT2D eigenvalue weighted by Crippen LogP contribution is -2.07. The number of hydrogen-bond acceptors (Lipinski definition) is 4. The number of nitrogens with zero attached hydrogens (tertiary/aromatic N) is 2. The summed E-state index contributed by atoms with van der Waals surface area (Å²) >= 11 is 0. The van der Waals surface area contributed by atoms with Gasteiger partial charge in [-0.2, -0.15) is 0 Å². The van der Waals surface area contributed by atoms with E-state index in [1.807, 2.05) is 19.1 Å². The number of aromatic nitrogens is 2. The van der Waals surface area contributed by atoms with Crippen LogP contribution in [0.1, 0.15) is 18.6 Å². The Hall–Kier alpha value is -1.68. The minimum absolute atomic E-state index is 0.202. The average Bonchev–Trinajstić information content (AvgIpc) is 2.78. The van der Waals surface area contributed by atoms with Crippen molar-refractivity contribution in [2.45, 2.75) is 12.8 Å². The molecule has 0 saturated heterocycles. The van der Waals surface area contributed by atoms with Crippen molar-refractivity contribution in [3.63, 3.8) is 0 Å². The maximum absolute atomic E-state index is 5.60. The summed E-state index contributed by atoms with van der Waals surface area (Å²) in [5.74, 6) is 1.64. The molecule has 0 fully saturated rings.